The molecule has 1 aliphatic heterocycles. The van der Waals surface area contributed by atoms with Crippen molar-refractivity contribution in [3.63, 3.8) is 0 Å². The van der Waals surface area contributed by atoms with E-state index in [1.165, 1.54) is 10.6 Å². The van der Waals surface area contributed by atoms with Crippen LogP contribution in [0.5, 0.6) is 0 Å². The van der Waals surface area contributed by atoms with E-state index in [1.807, 2.05) is 13.8 Å². The summed E-state index contributed by atoms with van der Waals surface area (Å²) in [4.78, 5) is 16.1. The van der Waals surface area contributed by atoms with Crippen LogP contribution < -0.4 is 10.9 Å². The molecule has 32 heavy (non-hydrogen) atoms. The fraction of sp³-hybridized carbons (Fsp3) is 0.333. The number of nitrogens with one attached hydrogen (secondary N) is 1. The number of rotatable bonds is 8. The van der Waals surface area contributed by atoms with Gasteiger partial charge in [0.25, 0.3) is 0 Å². The summed E-state index contributed by atoms with van der Waals surface area (Å²) in [6, 6.07) is 2.63. The molecule has 2 aromatic rings. The molecule has 170 valence electrons. The van der Waals surface area contributed by atoms with Crippen molar-refractivity contribution in [1.29, 1.82) is 0 Å². The molecule has 1 aromatic carbocycles. The lowest BCUT2D eigenvalue weighted by Gasteiger charge is -2.22. The molecule has 8 heteroatoms. The van der Waals surface area contributed by atoms with Crippen LogP contribution in [0.2, 0.25) is 0 Å². The number of halogens is 3. The molecule has 1 aromatic heterocycles. The zero-order valence-corrected chi connectivity index (χ0v) is 18.3. The molecule has 3 rings (SSSR count). The Hall–Kier alpha value is -3.29. The van der Waals surface area contributed by atoms with Crippen LogP contribution in [0.4, 0.5) is 19.1 Å². The molecule has 0 fully saturated rings. The van der Waals surface area contributed by atoms with E-state index in [9.17, 15) is 18.0 Å². The molecule has 0 radical (unpaired) electrons. The smallest absolute Gasteiger partial charge is 0.310 e. The van der Waals surface area contributed by atoms with Crippen LogP contribution in [0.3, 0.4) is 0 Å². The van der Waals surface area contributed by atoms with E-state index in [-0.39, 0.29) is 23.6 Å². The summed E-state index contributed by atoms with van der Waals surface area (Å²) in [5.41, 5.74) is 0.612. The van der Waals surface area contributed by atoms with Crippen molar-refractivity contribution in [2.75, 3.05) is 11.9 Å². The van der Waals surface area contributed by atoms with Gasteiger partial charge in [0.15, 0.2) is 0 Å². The monoisotopic (exact) mass is 445 g/mol. The predicted molar refractivity (Wildman–Crippen MR) is 118 cm³/mol. The van der Waals surface area contributed by atoms with E-state index < -0.39 is 29.1 Å². The topological polar surface area (TPSA) is 56.1 Å². The Morgan fingerprint density at radius 3 is 2.72 bits per heavy atom. The molecule has 0 aliphatic carbocycles. The second-order valence-electron chi connectivity index (χ2n) is 7.46. The van der Waals surface area contributed by atoms with Gasteiger partial charge in [-0.1, -0.05) is 19.6 Å². The Morgan fingerprint density at radius 1 is 1.31 bits per heavy atom. The van der Waals surface area contributed by atoms with Gasteiger partial charge in [-0.05, 0) is 56.9 Å². The van der Waals surface area contributed by atoms with E-state index in [1.54, 1.807) is 19.1 Å². The summed E-state index contributed by atoms with van der Waals surface area (Å²) >= 11 is 0. The van der Waals surface area contributed by atoms with Crippen LogP contribution >= 0.6 is 0 Å². The van der Waals surface area contributed by atoms with Crippen LogP contribution in [-0.4, -0.2) is 16.2 Å². The van der Waals surface area contributed by atoms with Gasteiger partial charge in [-0.2, -0.15) is 9.37 Å². The highest BCUT2D eigenvalue weighted by Crippen LogP contribution is 2.36. The lowest BCUT2D eigenvalue weighted by Crippen LogP contribution is -2.24. The third-order valence-electron chi connectivity index (χ3n) is 5.37. The average Bonchev–Trinajstić information content (AvgIpc) is 3.19. The predicted octanol–water partition coefficient (Wildman–Crippen LogP) is 5.40. The molecule has 0 saturated carbocycles. The highest BCUT2D eigenvalue weighted by atomic mass is 19.1. The number of allylic oxidation sites excluding steroid dienone is 4. The van der Waals surface area contributed by atoms with Gasteiger partial charge in [0.1, 0.15) is 11.6 Å². The Kier molecular flexibility index (Phi) is 7.22. The van der Waals surface area contributed by atoms with Gasteiger partial charge >= 0.3 is 5.56 Å². The molecule has 0 bridgehead atoms. The molecular formula is C24H26F3N3O2. The molecule has 1 atom stereocenters. The number of fused-ring (bicyclic) bond motifs is 1. The van der Waals surface area contributed by atoms with Gasteiger partial charge in [0.2, 0.25) is 11.8 Å². The maximum Gasteiger partial charge on any atom is 0.310 e. The summed E-state index contributed by atoms with van der Waals surface area (Å²) < 4.78 is 49.5. The number of ether oxygens (including phenoxy) is 1. The number of aromatic nitrogens is 2. The Morgan fingerprint density at radius 2 is 2.06 bits per heavy atom. The third kappa shape index (κ3) is 4.79. The zero-order chi connectivity index (χ0) is 23.4. The molecule has 1 unspecified atom stereocenters. The fourth-order valence-corrected chi connectivity index (χ4v) is 3.71. The van der Waals surface area contributed by atoms with Crippen LogP contribution in [0.1, 0.15) is 50.9 Å². The highest BCUT2D eigenvalue weighted by Gasteiger charge is 2.32. The summed E-state index contributed by atoms with van der Waals surface area (Å²) in [5.74, 6) is -1.66. The lowest BCUT2D eigenvalue weighted by molar-refractivity contribution is 0.231. The molecular weight excluding hydrogens is 419 g/mol. The summed E-state index contributed by atoms with van der Waals surface area (Å²) in [6.07, 6.45) is 4.65. The number of benzene rings is 1. The average molecular weight is 445 g/mol. The first-order chi connectivity index (χ1) is 15.3. The number of nitrogens with zero attached hydrogens (tertiary/aromatic N) is 2. The number of hydrogen-bond donors (Lipinski definition) is 1. The first-order valence-electron chi connectivity index (χ1n) is 10.5. The molecule has 0 amide bonds. The summed E-state index contributed by atoms with van der Waals surface area (Å²) in [7, 11) is 0. The van der Waals surface area contributed by atoms with Gasteiger partial charge < -0.3 is 14.6 Å². The Balaban J connectivity index is 2.11. The first-order valence-corrected chi connectivity index (χ1v) is 10.5. The van der Waals surface area contributed by atoms with Crippen molar-refractivity contribution in [3.05, 3.63) is 93.0 Å². The molecule has 5 nitrogen and oxygen atoms in total. The molecule has 0 saturated heterocycles. The quantitative estimate of drug-likeness (QED) is 0.437. The van der Waals surface area contributed by atoms with Crippen LogP contribution in [0.25, 0.3) is 0 Å². The van der Waals surface area contributed by atoms with E-state index in [2.05, 4.69) is 16.9 Å². The van der Waals surface area contributed by atoms with Crippen molar-refractivity contribution in [1.82, 2.24) is 9.55 Å². The minimum Gasteiger partial charge on any atom is -0.499 e. The summed E-state index contributed by atoms with van der Waals surface area (Å²) in [5, 5.41) is 3.08. The van der Waals surface area contributed by atoms with Gasteiger partial charge in [0, 0.05) is 17.3 Å². The van der Waals surface area contributed by atoms with Crippen molar-refractivity contribution in [2.45, 2.75) is 46.1 Å². The fourth-order valence-electron chi connectivity index (χ4n) is 3.71. The van der Waals surface area contributed by atoms with Gasteiger partial charge in [-0.25, -0.2) is 8.78 Å². The van der Waals surface area contributed by atoms with E-state index in [0.29, 0.717) is 30.9 Å². The van der Waals surface area contributed by atoms with Crippen molar-refractivity contribution >= 4 is 5.95 Å². The second kappa shape index (κ2) is 9.89. The van der Waals surface area contributed by atoms with E-state index in [4.69, 9.17) is 4.74 Å². The maximum atomic E-state index is 14.6. The number of hydrogen-bond acceptors (Lipinski definition) is 4. The van der Waals surface area contributed by atoms with Crippen molar-refractivity contribution < 1.29 is 17.9 Å². The third-order valence-corrected chi connectivity index (χ3v) is 5.37. The SMILES string of the molecule is C=C(CC)/C(=C\C=C(/C)OCC)Nc1nc(=O)c(F)c2n1C(c1ccc(F)cc1F)CC2. The van der Waals surface area contributed by atoms with E-state index >= 15 is 0 Å². The molecule has 1 N–H and O–H groups in total. The van der Waals surface area contributed by atoms with Crippen LogP contribution in [0.15, 0.2) is 58.8 Å². The van der Waals surface area contributed by atoms with E-state index in [0.717, 1.165) is 17.7 Å². The first kappa shape index (κ1) is 23.4. The molecule has 0 spiro atoms. The van der Waals surface area contributed by atoms with Gasteiger partial charge in [-0.3, -0.25) is 4.79 Å². The Bertz CT molecular complexity index is 1150. The van der Waals surface area contributed by atoms with Crippen LogP contribution in [0, 0.1) is 17.5 Å². The standard InChI is InChI=1S/C24H26F3N3O2/c1-5-14(3)19(10-7-15(4)32-6-2)28-24-29-23(31)22(27)21-12-11-20(30(21)24)17-9-8-16(25)13-18(17)26/h7-10,13,20H,3,5-6,11-12H2,1-2,4H3,(H,28,29,31)/b15-7+,19-10+. The highest BCUT2D eigenvalue weighted by molar-refractivity contribution is 5.48. The van der Waals surface area contributed by atoms with Gasteiger partial charge in [-0.15, -0.1) is 0 Å². The maximum absolute atomic E-state index is 14.6. The molecule has 1 aliphatic rings. The minimum atomic E-state index is -0.999. The second-order valence-corrected chi connectivity index (χ2v) is 7.46. The van der Waals surface area contributed by atoms with Crippen molar-refractivity contribution in [2.24, 2.45) is 0 Å². The van der Waals surface area contributed by atoms with Crippen molar-refractivity contribution in [3.8, 4) is 0 Å². The minimum absolute atomic E-state index is 0.0703. The lowest BCUT2D eigenvalue weighted by atomic mass is 10.0. The largest absolute Gasteiger partial charge is 0.499 e. The summed E-state index contributed by atoms with van der Waals surface area (Å²) in [6.45, 7) is 10.1. The Labute approximate surface area is 184 Å². The zero-order valence-electron chi connectivity index (χ0n) is 18.3. The normalized spacial score (nSPS) is 16.1. The van der Waals surface area contributed by atoms with Gasteiger partial charge in [0.05, 0.1) is 24.1 Å². The number of anilines is 1. The molecule has 2 heterocycles. The van der Waals surface area contributed by atoms with Crippen LogP contribution in [-0.2, 0) is 11.2 Å².